The van der Waals surface area contributed by atoms with Crippen LogP contribution in [0.15, 0.2) is 18.3 Å². The molecular weight excluding hydrogens is 265 g/mol. The summed E-state index contributed by atoms with van der Waals surface area (Å²) in [6.45, 7) is 0.0370. The van der Waals surface area contributed by atoms with E-state index in [9.17, 15) is 23.1 Å². The van der Waals surface area contributed by atoms with Crippen LogP contribution in [0.3, 0.4) is 0 Å². The number of aromatic nitrogens is 1. The Labute approximate surface area is 106 Å². The first-order chi connectivity index (χ1) is 8.79. The van der Waals surface area contributed by atoms with E-state index in [1.807, 2.05) is 0 Å². The van der Waals surface area contributed by atoms with Crippen LogP contribution >= 0.6 is 0 Å². The molecule has 2 N–H and O–H groups in total. The second-order valence-corrected chi connectivity index (χ2v) is 4.30. The second kappa shape index (κ2) is 4.69. The maximum atomic E-state index is 12.4. The summed E-state index contributed by atoms with van der Waals surface area (Å²) in [5, 5.41) is 18.4. The lowest BCUT2D eigenvalue weighted by molar-refractivity contribution is -0.139. The summed E-state index contributed by atoms with van der Waals surface area (Å²) in [6.07, 6.45) is -4.63. The Morgan fingerprint density at radius 2 is 2.11 bits per heavy atom. The number of pyridine rings is 1. The molecule has 0 unspecified atom stereocenters. The lowest BCUT2D eigenvalue weighted by Gasteiger charge is -2.22. The van der Waals surface area contributed by atoms with Gasteiger partial charge in [0.15, 0.2) is 0 Å². The molecule has 1 fully saturated rings. The van der Waals surface area contributed by atoms with Crippen LogP contribution in [0.1, 0.15) is 12.0 Å². The van der Waals surface area contributed by atoms with Crippen molar-refractivity contribution in [2.75, 3.05) is 11.4 Å². The summed E-state index contributed by atoms with van der Waals surface area (Å²) in [4.78, 5) is 15.9. The average molecular weight is 276 g/mol. The fourth-order valence-corrected chi connectivity index (χ4v) is 2.02. The van der Waals surface area contributed by atoms with Crippen molar-refractivity contribution in [3.05, 3.63) is 23.9 Å². The molecule has 0 aliphatic carbocycles. The number of carboxylic acids is 1. The average Bonchev–Trinajstić information content (AvgIpc) is 2.70. The fraction of sp³-hybridized carbons (Fsp3) is 0.455. The number of hydrogen-bond acceptors (Lipinski definition) is 4. The van der Waals surface area contributed by atoms with Crippen LogP contribution in [0.5, 0.6) is 0 Å². The first-order valence-corrected chi connectivity index (χ1v) is 5.50. The van der Waals surface area contributed by atoms with Crippen LogP contribution in [0, 0.1) is 0 Å². The van der Waals surface area contributed by atoms with Gasteiger partial charge >= 0.3 is 12.1 Å². The molecule has 0 radical (unpaired) electrons. The predicted octanol–water partition coefficient (Wildman–Crippen LogP) is 1.12. The maximum Gasteiger partial charge on any atom is 0.417 e. The molecule has 104 valence electrons. The lowest BCUT2D eigenvalue weighted by atomic mass is 10.2. The van der Waals surface area contributed by atoms with Gasteiger partial charge in [-0.3, -0.25) is 0 Å². The molecule has 1 aliphatic heterocycles. The van der Waals surface area contributed by atoms with Crippen molar-refractivity contribution >= 4 is 11.8 Å². The zero-order chi connectivity index (χ0) is 14.2. The van der Waals surface area contributed by atoms with Gasteiger partial charge in [-0.05, 0) is 12.1 Å². The number of aliphatic hydroxyl groups excluding tert-OH is 1. The molecule has 0 bridgehead atoms. The molecule has 0 amide bonds. The third kappa shape index (κ3) is 2.78. The molecule has 0 spiro atoms. The topological polar surface area (TPSA) is 73.7 Å². The minimum atomic E-state index is -4.48. The summed E-state index contributed by atoms with van der Waals surface area (Å²) >= 11 is 0. The number of carbonyl (C=O) groups is 1. The Morgan fingerprint density at radius 1 is 1.42 bits per heavy atom. The number of aliphatic carboxylic acids is 1. The Morgan fingerprint density at radius 3 is 2.58 bits per heavy atom. The molecule has 2 atom stereocenters. The SMILES string of the molecule is O=C(O)[C@H]1C[C@@H](O)CN1c1ccc(C(F)(F)F)cn1. The van der Waals surface area contributed by atoms with Gasteiger partial charge in [0.25, 0.3) is 0 Å². The lowest BCUT2D eigenvalue weighted by Crippen LogP contribution is -2.36. The Hall–Kier alpha value is -1.83. The van der Waals surface area contributed by atoms with Gasteiger partial charge in [-0.2, -0.15) is 13.2 Å². The van der Waals surface area contributed by atoms with Crippen LogP contribution < -0.4 is 4.90 Å². The monoisotopic (exact) mass is 276 g/mol. The molecule has 2 rings (SSSR count). The molecule has 1 aliphatic rings. The normalized spacial score (nSPS) is 23.7. The molecule has 1 saturated heterocycles. The minimum absolute atomic E-state index is 0.0258. The van der Waals surface area contributed by atoms with Crippen LogP contribution in [-0.2, 0) is 11.0 Å². The number of halogens is 3. The van der Waals surface area contributed by atoms with Crippen molar-refractivity contribution in [1.82, 2.24) is 4.98 Å². The number of carboxylic acid groups (broad SMARTS) is 1. The molecular formula is C11H11F3N2O3. The van der Waals surface area contributed by atoms with E-state index in [0.717, 1.165) is 12.1 Å². The quantitative estimate of drug-likeness (QED) is 0.847. The number of β-amino-alcohol motifs (C(OH)–C–C–N with tert-alkyl or cyclic N) is 1. The first-order valence-electron chi connectivity index (χ1n) is 5.50. The van der Waals surface area contributed by atoms with E-state index in [2.05, 4.69) is 4.98 Å². The third-order valence-corrected chi connectivity index (χ3v) is 2.93. The summed E-state index contributed by atoms with van der Waals surface area (Å²) in [6, 6.07) is 0.974. The molecule has 0 aromatic carbocycles. The molecule has 8 heteroatoms. The summed E-state index contributed by atoms with van der Waals surface area (Å²) in [5.41, 5.74) is -0.900. The fourth-order valence-electron chi connectivity index (χ4n) is 2.02. The summed E-state index contributed by atoms with van der Waals surface area (Å²) in [7, 11) is 0. The van der Waals surface area contributed by atoms with Crippen molar-refractivity contribution < 1.29 is 28.2 Å². The van der Waals surface area contributed by atoms with Crippen molar-refractivity contribution in [2.45, 2.75) is 24.7 Å². The number of alkyl halides is 3. The van der Waals surface area contributed by atoms with E-state index in [0.29, 0.717) is 6.20 Å². The van der Waals surface area contributed by atoms with Gasteiger partial charge in [0.2, 0.25) is 0 Å². The molecule has 19 heavy (non-hydrogen) atoms. The number of rotatable bonds is 2. The highest BCUT2D eigenvalue weighted by atomic mass is 19.4. The van der Waals surface area contributed by atoms with E-state index in [4.69, 9.17) is 5.11 Å². The van der Waals surface area contributed by atoms with E-state index in [1.54, 1.807) is 0 Å². The number of aliphatic hydroxyl groups is 1. The number of anilines is 1. The predicted molar refractivity (Wildman–Crippen MR) is 58.6 cm³/mol. The van der Waals surface area contributed by atoms with E-state index in [-0.39, 0.29) is 18.8 Å². The van der Waals surface area contributed by atoms with Gasteiger partial charge in [-0.1, -0.05) is 0 Å². The van der Waals surface area contributed by atoms with Gasteiger partial charge in [0, 0.05) is 19.2 Å². The number of nitrogens with zero attached hydrogens (tertiary/aromatic N) is 2. The molecule has 0 saturated carbocycles. The molecule has 1 aromatic rings. The smallest absolute Gasteiger partial charge is 0.417 e. The van der Waals surface area contributed by atoms with Crippen LogP contribution in [0.4, 0.5) is 19.0 Å². The van der Waals surface area contributed by atoms with Crippen molar-refractivity contribution in [3.63, 3.8) is 0 Å². The third-order valence-electron chi connectivity index (χ3n) is 2.93. The van der Waals surface area contributed by atoms with Gasteiger partial charge in [0.05, 0.1) is 11.7 Å². The highest BCUT2D eigenvalue weighted by molar-refractivity contribution is 5.78. The van der Waals surface area contributed by atoms with Crippen LogP contribution in [0.2, 0.25) is 0 Å². The van der Waals surface area contributed by atoms with Gasteiger partial charge in [0.1, 0.15) is 11.9 Å². The first kappa shape index (κ1) is 13.6. The highest BCUT2D eigenvalue weighted by Crippen LogP contribution is 2.30. The van der Waals surface area contributed by atoms with Gasteiger partial charge in [-0.25, -0.2) is 9.78 Å². The molecule has 1 aromatic heterocycles. The van der Waals surface area contributed by atoms with Gasteiger partial charge < -0.3 is 15.1 Å². The van der Waals surface area contributed by atoms with Crippen molar-refractivity contribution in [1.29, 1.82) is 0 Å². The van der Waals surface area contributed by atoms with Gasteiger partial charge in [-0.15, -0.1) is 0 Å². The van der Waals surface area contributed by atoms with E-state index in [1.165, 1.54) is 4.90 Å². The Bertz CT molecular complexity index is 475. The van der Waals surface area contributed by atoms with Crippen molar-refractivity contribution in [3.8, 4) is 0 Å². The van der Waals surface area contributed by atoms with Crippen molar-refractivity contribution in [2.24, 2.45) is 0 Å². The van der Waals surface area contributed by atoms with E-state index >= 15 is 0 Å². The maximum absolute atomic E-state index is 12.4. The Kier molecular flexibility index (Phi) is 3.36. The minimum Gasteiger partial charge on any atom is -0.480 e. The summed E-state index contributed by atoms with van der Waals surface area (Å²) in [5.74, 6) is -1.03. The number of hydrogen-bond donors (Lipinski definition) is 2. The van der Waals surface area contributed by atoms with Crippen LogP contribution in [-0.4, -0.2) is 39.9 Å². The summed E-state index contributed by atoms with van der Waals surface area (Å²) < 4.78 is 37.1. The zero-order valence-corrected chi connectivity index (χ0v) is 9.63. The van der Waals surface area contributed by atoms with Crippen LogP contribution in [0.25, 0.3) is 0 Å². The standard InChI is InChI=1S/C11H11F3N2O3/c12-11(13,14)6-1-2-9(15-4-6)16-5-7(17)3-8(16)10(18)19/h1-2,4,7-8,17H,3,5H2,(H,18,19)/t7-,8-/m1/s1. The second-order valence-electron chi connectivity index (χ2n) is 4.30. The largest absolute Gasteiger partial charge is 0.480 e. The molecule has 5 nitrogen and oxygen atoms in total. The zero-order valence-electron chi connectivity index (χ0n) is 9.63. The Balaban J connectivity index is 2.24. The molecule has 2 heterocycles. The highest BCUT2D eigenvalue weighted by Gasteiger charge is 2.37. The van der Waals surface area contributed by atoms with E-state index < -0.39 is 29.9 Å².